The van der Waals surface area contributed by atoms with E-state index in [1.54, 1.807) is 12.5 Å². The Morgan fingerprint density at radius 2 is 2.50 bits per heavy atom. The van der Waals surface area contributed by atoms with Crippen LogP contribution in [0.1, 0.15) is 17.5 Å². The first-order valence-corrected chi connectivity index (χ1v) is 6.02. The van der Waals surface area contributed by atoms with E-state index in [1.165, 1.54) is 0 Å². The predicted molar refractivity (Wildman–Crippen MR) is 64.9 cm³/mol. The Balaban J connectivity index is 1.78. The van der Waals surface area contributed by atoms with Gasteiger partial charge in [-0.2, -0.15) is 0 Å². The van der Waals surface area contributed by atoms with Crippen LogP contribution < -0.4 is 5.32 Å². The average molecular weight is 245 g/mol. The van der Waals surface area contributed by atoms with Crippen molar-refractivity contribution < 1.29 is 4.74 Å². The van der Waals surface area contributed by atoms with Crippen molar-refractivity contribution in [2.24, 2.45) is 0 Å². The molecule has 1 saturated heterocycles. The molecule has 1 fully saturated rings. The summed E-state index contributed by atoms with van der Waals surface area (Å²) in [5.74, 6) is 0.867. The number of morpholine rings is 1. The number of ether oxygens (including phenoxy) is 1. The number of hydrogen-bond acceptors (Lipinski definition) is 5. The Labute approximate surface area is 105 Å². The van der Waals surface area contributed by atoms with E-state index in [4.69, 9.17) is 4.74 Å². The van der Waals surface area contributed by atoms with E-state index in [9.17, 15) is 0 Å². The van der Waals surface area contributed by atoms with E-state index in [-0.39, 0.29) is 6.10 Å². The summed E-state index contributed by atoms with van der Waals surface area (Å²) in [6.45, 7) is 3.11. The van der Waals surface area contributed by atoms with Gasteiger partial charge in [-0.05, 0) is 11.6 Å². The van der Waals surface area contributed by atoms with Crippen LogP contribution in [0.4, 0.5) is 0 Å². The molecule has 1 aliphatic rings. The Morgan fingerprint density at radius 3 is 3.28 bits per heavy atom. The SMILES string of the molecule is c1cncc(Cn2cnnc2C2CNCCO2)c1. The highest BCUT2D eigenvalue weighted by Crippen LogP contribution is 2.16. The molecule has 0 spiro atoms. The Bertz CT molecular complexity index is 492. The third-order valence-corrected chi connectivity index (χ3v) is 2.94. The number of aromatic nitrogens is 4. The maximum atomic E-state index is 5.70. The average Bonchev–Trinajstić information content (AvgIpc) is 2.89. The lowest BCUT2D eigenvalue weighted by molar-refractivity contribution is 0.0199. The number of rotatable bonds is 3. The summed E-state index contributed by atoms with van der Waals surface area (Å²) in [5, 5.41) is 11.4. The molecule has 1 unspecified atom stereocenters. The van der Waals surface area contributed by atoms with Crippen LogP contribution in [-0.2, 0) is 11.3 Å². The van der Waals surface area contributed by atoms with Crippen molar-refractivity contribution in [3.05, 3.63) is 42.2 Å². The summed E-state index contributed by atoms with van der Waals surface area (Å²) in [6, 6.07) is 3.97. The van der Waals surface area contributed by atoms with Gasteiger partial charge in [0, 0.05) is 25.5 Å². The van der Waals surface area contributed by atoms with Crippen LogP contribution in [-0.4, -0.2) is 39.4 Å². The molecule has 94 valence electrons. The lowest BCUT2D eigenvalue weighted by Crippen LogP contribution is -2.34. The minimum atomic E-state index is -0.0158. The molecule has 1 atom stereocenters. The molecular formula is C12H15N5O. The first-order valence-electron chi connectivity index (χ1n) is 6.02. The molecule has 3 heterocycles. The smallest absolute Gasteiger partial charge is 0.163 e. The van der Waals surface area contributed by atoms with Gasteiger partial charge in [-0.25, -0.2) is 0 Å². The summed E-state index contributed by atoms with van der Waals surface area (Å²) >= 11 is 0. The molecule has 0 saturated carbocycles. The normalized spacial score (nSPS) is 19.9. The Kier molecular flexibility index (Phi) is 3.29. The maximum absolute atomic E-state index is 5.70. The fourth-order valence-electron chi connectivity index (χ4n) is 2.05. The topological polar surface area (TPSA) is 64.9 Å². The second kappa shape index (κ2) is 5.24. The molecule has 1 aliphatic heterocycles. The third kappa shape index (κ3) is 2.39. The number of pyridine rings is 1. The van der Waals surface area contributed by atoms with Gasteiger partial charge in [0.15, 0.2) is 5.82 Å². The largest absolute Gasteiger partial charge is 0.368 e. The molecule has 0 aliphatic carbocycles. The molecule has 0 radical (unpaired) electrons. The zero-order chi connectivity index (χ0) is 12.2. The van der Waals surface area contributed by atoms with Crippen LogP contribution in [0.5, 0.6) is 0 Å². The predicted octanol–water partition coefficient (Wildman–Crippen LogP) is 0.382. The summed E-state index contributed by atoms with van der Waals surface area (Å²) in [4.78, 5) is 4.11. The van der Waals surface area contributed by atoms with E-state index < -0.39 is 0 Å². The monoisotopic (exact) mass is 245 g/mol. The molecule has 2 aromatic rings. The second-order valence-electron chi connectivity index (χ2n) is 4.24. The molecule has 6 heteroatoms. The zero-order valence-electron chi connectivity index (χ0n) is 9.99. The Hall–Kier alpha value is -1.79. The summed E-state index contributed by atoms with van der Waals surface area (Å²) in [7, 11) is 0. The van der Waals surface area contributed by atoms with Crippen LogP contribution in [0.25, 0.3) is 0 Å². The standard InChI is InChI=1S/C12H15N5O/c1-2-10(6-13-3-1)8-17-9-15-16-12(17)11-7-14-4-5-18-11/h1-3,6,9,11,14H,4-5,7-8H2. The molecule has 2 aromatic heterocycles. The van der Waals surface area contributed by atoms with Crippen LogP contribution in [0.2, 0.25) is 0 Å². The molecule has 0 aromatic carbocycles. The van der Waals surface area contributed by atoms with Crippen LogP contribution in [0.15, 0.2) is 30.9 Å². The van der Waals surface area contributed by atoms with E-state index in [0.717, 1.165) is 31.0 Å². The fraction of sp³-hybridized carbons (Fsp3) is 0.417. The molecule has 0 bridgehead atoms. The van der Waals surface area contributed by atoms with Crippen molar-refractivity contribution in [1.29, 1.82) is 0 Å². The first kappa shape index (κ1) is 11.3. The van der Waals surface area contributed by atoms with E-state index in [1.807, 2.05) is 22.9 Å². The fourth-order valence-corrected chi connectivity index (χ4v) is 2.05. The second-order valence-corrected chi connectivity index (χ2v) is 4.24. The highest BCUT2D eigenvalue weighted by atomic mass is 16.5. The number of nitrogens with zero attached hydrogens (tertiary/aromatic N) is 4. The van der Waals surface area contributed by atoms with Gasteiger partial charge in [0.2, 0.25) is 0 Å². The van der Waals surface area contributed by atoms with Crippen molar-refractivity contribution in [3.63, 3.8) is 0 Å². The molecule has 1 N–H and O–H groups in total. The maximum Gasteiger partial charge on any atom is 0.163 e. The van der Waals surface area contributed by atoms with Gasteiger partial charge in [0.1, 0.15) is 12.4 Å². The minimum absolute atomic E-state index is 0.0158. The van der Waals surface area contributed by atoms with Crippen molar-refractivity contribution in [1.82, 2.24) is 25.1 Å². The molecule has 6 nitrogen and oxygen atoms in total. The molecule has 18 heavy (non-hydrogen) atoms. The van der Waals surface area contributed by atoms with Gasteiger partial charge in [-0.3, -0.25) is 4.98 Å². The van der Waals surface area contributed by atoms with Crippen molar-refractivity contribution in [3.8, 4) is 0 Å². The van der Waals surface area contributed by atoms with Crippen molar-refractivity contribution in [2.45, 2.75) is 12.6 Å². The summed E-state index contributed by atoms with van der Waals surface area (Å²) < 4.78 is 7.71. The van der Waals surface area contributed by atoms with Gasteiger partial charge < -0.3 is 14.6 Å². The van der Waals surface area contributed by atoms with Gasteiger partial charge in [-0.1, -0.05) is 6.07 Å². The number of hydrogen-bond donors (Lipinski definition) is 1. The van der Waals surface area contributed by atoms with E-state index >= 15 is 0 Å². The summed E-state index contributed by atoms with van der Waals surface area (Å²) in [6.07, 6.45) is 5.34. The van der Waals surface area contributed by atoms with E-state index in [2.05, 4.69) is 20.5 Å². The lowest BCUT2D eigenvalue weighted by atomic mass is 10.2. The van der Waals surface area contributed by atoms with Crippen molar-refractivity contribution >= 4 is 0 Å². The van der Waals surface area contributed by atoms with Gasteiger partial charge in [0.05, 0.1) is 13.2 Å². The molecular weight excluding hydrogens is 230 g/mol. The highest BCUT2D eigenvalue weighted by Gasteiger charge is 2.21. The van der Waals surface area contributed by atoms with E-state index in [0.29, 0.717) is 6.61 Å². The molecule has 3 rings (SSSR count). The first-order chi connectivity index (χ1) is 8.93. The Morgan fingerprint density at radius 1 is 1.50 bits per heavy atom. The van der Waals surface area contributed by atoms with Gasteiger partial charge in [-0.15, -0.1) is 10.2 Å². The molecule has 0 amide bonds. The lowest BCUT2D eigenvalue weighted by Gasteiger charge is -2.23. The van der Waals surface area contributed by atoms with Crippen LogP contribution in [0.3, 0.4) is 0 Å². The van der Waals surface area contributed by atoms with Crippen LogP contribution >= 0.6 is 0 Å². The highest BCUT2D eigenvalue weighted by molar-refractivity contribution is 5.10. The van der Waals surface area contributed by atoms with Crippen molar-refractivity contribution in [2.75, 3.05) is 19.7 Å². The van der Waals surface area contributed by atoms with Gasteiger partial charge >= 0.3 is 0 Å². The minimum Gasteiger partial charge on any atom is -0.368 e. The zero-order valence-corrected chi connectivity index (χ0v) is 9.99. The number of nitrogens with one attached hydrogen (secondary N) is 1. The third-order valence-electron chi connectivity index (χ3n) is 2.94. The van der Waals surface area contributed by atoms with Gasteiger partial charge in [0.25, 0.3) is 0 Å². The van der Waals surface area contributed by atoms with Crippen LogP contribution in [0, 0.1) is 0 Å². The summed E-state index contributed by atoms with van der Waals surface area (Å²) in [5.41, 5.74) is 1.13. The quantitative estimate of drug-likeness (QED) is 0.847.